The van der Waals surface area contributed by atoms with E-state index in [1.807, 2.05) is 0 Å². The molecule has 2 spiro atoms. The fourth-order valence-electron chi connectivity index (χ4n) is 23.7. The number of rotatable bonds is 3. The van der Waals surface area contributed by atoms with Crippen molar-refractivity contribution in [1.29, 1.82) is 0 Å². The summed E-state index contributed by atoms with van der Waals surface area (Å²) in [4.78, 5) is 26.3. The standard InChI is InChI=1S/C34H56N2O3.C27H45NO2.C7H11NO/c1-21-12-17-34(38-20-21)22(2)30-29(39-34)19-28-26-11-10-23-18-25(36-31(37)35-24-8-6-5-7-9-24)13-15-32(23,3)27(26)14-16-33(28,30)4;1-16-7-12-27(29-15-16)17(2)24-23(30-27)14-22-20-6-5-18-13-19(28)8-10-25(18,3)21(20)9-11-26(22,24)4;9-6-8-7-4-2-1-3-5-7/h21-30H,5-20H2,1-4H3,(H2,35,36,37);16-24H,5-15,28H2,1-4H3;7H,1-5H2/t21-,22-,23+,25+,26+,27-,28-,29-,30-,32-,33-,34+;16-,17-,18+,19+,20+,21-,22-,23-,24-,25-,26-,27+;/m00./s1. The van der Waals surface area contributed by atoms with Gasteiger partial charge >= 0.3 is 6.03 Å². The van der Waals surface area contributed by atoms with Crippen molar-refractivity contribution in [2.75, 3.05) is 13.2 Å². The Balaban J connectivity index is 0.000000138. The van der Waals surface area contributed by atoms with Gasteiger partial charge in [-0.3, -0.25) is 0 Å². The van der Waals surface area contributed by atoms with E-state index in [0.29, 0.717) is 93.5 Å². The van der Waals surface area contributed by atoms with Crippen LogP contribution in [0.4, 0.5) is 4.79 Å². The highest BCUT2D eigenvalue weighted by Crippen LogP contribution is 2.73. The summed E-state index contributed by atoms with van der Waals surface area (Å²) in [5.74, 6) is 10.0. The van der Waals surface area contributed by atoms with Gasteiger partial charge in [-0.1, -0.05) is 93.9 Å². The minimum absolute atomic E-state index is 0.0958. The third kappa shape index (κ3) is 9.90. The molecule has 2 amide bonds. The van der Waals surface area contributed by atoms with Crippen molar-refractivity contribution in [2.45, 2.75) is 296 Å². The summed E-state index contributed by atoms with van der Waals surface area (Å²) in [5, 5.41) is 6.71. The van der Waals surface area contributed by atoms with E-state index >= 15 is 0 Å². The van der Waals surface area contributed by atoms with Crippen molar-refractivity contribution in [2.24, 2.45) is 115 Å². The first-order valence-electron chi connectivity index (χ1n) is 33.9. The third-order valence-electron chi connectivity index (χ3n) is 28.0. The molecule has 14 rings (SSSR count). The lowest BCUT2D eigenvalue weighted by Crippen LogP contribution is -2.57. The molecule has 24 atom stereocenters. The van der Waals surface area contributed by atoms with Gasteiger partial charge in [-0.2, -0.15) is 0 Å². The molecule has 14 fully saturated rings. The summed E-state index contributed by atoms with van der Waals surface area (Å²) in [6, 6.07) is 1.60. The Kier molecular flexibility index (Phi) is 16.2. The number of ether oxygens (including phenoxy) is 4. The molecule has 4 heterocycles. The third-order valence-corrected chi connectivity index (χ3v) is 28.0. The van der Waals surface area contributed by atoms with Crippen LogP contribution in [0.15, 0.2) is 4.99 Å². The van der Waals surface area contributed by atoms with Crippen LogP contribution in [-0.2, 0) is 23.7 Å². The van der Waals surface area contributed by atoms with Crippen LogP contribution in [0.3, 0.4) is 0 Å². The van der Waals surface area contributed by atoms with E-state index in [4.69, 9.17) is 24.7 Å². The molecule has 4 aliphatic heterocycles. The van der Waals surface area contributed by atoms with Crippen LogP contribution < -0.4 is 16.4 Å². The Bertz CT molecular complexity index is 2140. The number of nitrogens with one attached hydrogen (secondary N) is 2. The van der Waals surface area contributed by atoms with Gasteiger partial charge < -0.3 is 35.3 Å². The number of urea groups is 1. The Morgan fingerprint density at radius 3 is 1.47 bits per heavy atom. The summed E-state index contributed by atoms with van der Waals surface area (Å²) in [5.41, 5.74) is 8.25. The normalized spacial score (nSPS) is 53.1. The van der Waals surface area contributed by atoms with Crippen LogP contribution in [0.5, 0.6) is 0 Å². The molecule has 10 aliphatic carbocycles. The summed E-state index contributed by atoms with van der Waals surface area (Å²) in [6.07, 6.45) is 40.6. The quantitative estimate of drug-likeness (QED) is 0.189. The number of carbonyl (C=O) groups is 1. The molecule has 0 unspecified atom stereocenters. The predicted molar refractivity (Wildman–Crippen MR) is 309 cm³/mol. The smallest absolute Gasteiger partial charge is 0.315 e. The van der Waals surface area contributed by atoms with Crippen molar-refractivity contribution in [3.8, 4) is 0 Å². The van der Waals surface area contributed by atoms with E-state index in [1.54, 1.807) is 6.08 Å². The zero-order valence-corrected chi connectivity index (χ0v) is 50.6. The van der Waals surface area contributed by atoms with Crippen LogP contribution in [0.2, 0.25) is 0 Å². The predicted octanol–water partition coefficient (Wildman–Crippen LogP) is 14.8. The molecule has 0 aromatic carbocycles. The van der Waals surface area contributed by atoms with Gasteiger partial charge in [0.15, 0.2) is 11.6 Å². The first-order chi connectivity index (χ1) is 37.4. The number of isocyanates is 1. The maximum atomic E-state index is 12.8. The topological polar surface area (TPSA) is 134 Å². The Morgan fingerprint density at radius 1 is 0.500 bits per heavy atom. The molecule has 78 heavy (non-hydrogen) atoms. The Hall–Kier alpha value is -1.55. The van der Waals surface area contributed by atoms with E-state index in [9.17, 15) is 9.59 Å². The van der Waals surface area contributed by atoms with Gasteiger partial charge in [-0.15, -0.1) is 0 Å². The SMILES string of the molecule is C[C@H]1CC[C@@]2(OC1)O[C@H]1C[C@H]3[C@@H]4CC[C@@H]5C[C@H](N)CC[C@]5(C)[C@H]4CC[C@]3(C)[C@H]1[C@@H]2C.C[C@H]1CC[C@@]2(OC1)O[C@H]1C[C@H]3[C@@H]4CC[C@@H]5C[C@H](NC(=O)NC6CCCCC6)CC[C@]5(C)[C@H]4CC[C@]3(C)[C@H]1[C@@H]2C.O=C=NC1CCCCC1. The number of nitrogens with zero attached hydrogens (tertiary/aromatic N) is 1. The summed E-state index contributed by atoms with van der Waals surface area (Å²) in [6.45, 7) is 22.0. The molecule has 0 radical (unpaired) electrons. The molecular weight excluding hydrogens is 969 g/mol. The zero-order valence-electron chi connectivity index (χ0n) is 50.6. The number of hydrogen-bond acceptors (Lipinski definition) is 8. The second kappa shape index (κ2) is 22.1. The van der Waals surface area contributed by atoms with Gasteiger partial charge in [0.1, 0.15) is 0 Å². The zero-order chi connectivity index (χ0) is 54.4. The second-order valence-corrected chi connectivity index (χ2v) is 31.8. The second-order valence-electron chi connectivity index (χ2n) is 31.8. The van der Waals surface area contributed by atoms with E-state index in [0.717, 1.165) is 106 Å². The number of amides is 2. The molecule has 0 aromatic heterocycles. The molecular formula is C68H112N4O6. The van der Waals surface area contributed by atoms with Gasteiger partial charge in [-0.05, 0) is 234 Å². The maximum Gasteiger partial charge on any atom is 0.315 e. The van der Waals surface area contributed by atoms with Crippen LogP contribution in [0, 0.1) is 105 Å². The van der Waals surface area contributed by atoms with Crippen LogP contribution >= 0.6 is 0 Å². The molecule has 14 aliphatic rings. The summed E-state index contributed by atoms with van der Waals surface area (Å²) in [7, 11) is 0. The van der Waals surface area contributed by atoms with E-state index < -0.39 is 0 Å². The first-order valence-corrected chi connectivity index (χ1v) is 33.9. The first kappa shape index (κ1) is 56.9. The number of hydrogen-bond donors (Lipinski definition) is 3. The fraction of sp³-hybridized carbons (Fsp3) is 0.971. The fourth-order valence-corrected chi connectivity index (χ4v) is 23.7. The lowest BCUT2D eigenvalue weighted by molar-refractivity contribution is -0.273. The van der Waals surface area contributed by atoms with Gasteiger partial charge in [0.05, 0.1) is 31.5 Å². The van der Waals surface area contributed by atoms with E-state index in [2.05, 4.69) is 71.0 Å². The molecule has 4 saturated heterocycles. The van der Waals surface area contributed by atoms with Crippen LogP contribution in [-0.4, -0.2) is 73.3 Å². The number of fused-ring (bicyclic) bond motifs is 14. The molecule has 10 heteroatoms. The minimum atomic E-state index is -0.301. The van der Waals surface area contributed by atoms with Crippen molar-refractivity contribution in [3.05, 3.63) is 0 Å². The molecule has 440 valence electrons. The van der Waals surface area contributed by atoms with E-state index in [-0.39, 0.29) is 17.6 Å². The van der Waals surface area contributed by atoms with Gasteiger partial charge in [0.25, 0.3) is 0 Å². The highest BCUT2D eigenvalue weighted by molar-refractivity contribution is 5.74. The molecule has 0 bridgehead atoms. The number of aliphatic imine (C=N–C) groups is 1. The maximum absolute atomic E-state index is 12.8. The highest BCUT2D eigenvalue weighted by atomic mass is 16.7. The van der Waals surface area contributed by atoms with Crippen LogP contribution in [0.25, 0.3) is 0 Å². The van der Waals surface area contributed by atoms with Crippen molar-refractivity contribution in [1.82, 2.24) is 10.6 Å². The molecule has 0 aromatic rings. The minimum Gasteiger partial charge on any atom is -0.349 e. The lowest BCUT2D eigenvalue weighted by Gasteiger charge is -2.61. The Morgan fingerprint density at radius 2 is 0.974 bits per heavy atom. The average molecular weight is 1080 g/mol. The van der Waals surface area contributed by atoms with Crippen molar-refractivity contribution < 1.29 is 28.5 Å². The highest BCUT2D eigenvalue weighted by Gasteiger charge is 2.71. The lowest BCUT2D eigenvalue weighted by atomic mass is 9.44. The van der Waals surface area contributed by atoms with Crippen LogP contribution in [0.1, 0.15) is 248 Å². The summed E-state index contributed by atoms with van der Waals surface area (Å²) < 4.78 is 26.9. The van der Waals surface area contributed by atoms with E-state index in [1.165, 1.54) is 148 Å². The van der Waals surface area contributed by atoms with Crippen molar-refractivity contribution >= 4 is 12.1 Å². The Labute approximate surface area is 473 Å². The van der Waals surface area contributed by atoms with Crippen molar-refractivity contribution in [3.63, 3.8) is 0 Å². The molecule has 10 saturated carbocycles. The number of carbonyl (C=O) groups excluding carboxylic acids is 2. The monoisotopic (exact) mass is 1080 g/mol. The van der Waals surface area contributed by atoms with Gasteiger partial charge in [0, 0.05) is 42.8 Å². The average Bonchev–Trinajstić information content (AvgIpc) is 3.94. The van der Waals surface area contributed by atoms with Gasteiger partial charge in [0.2, 0.25) is 6.08 Å². The largest absolute Gasteiger partial charge is 0.349 e. The summed E-state index contributed by atoms with van der Waals surface area (Å²) >= 11 is 0. The van der Waals surface area contributed by atoms with Gasteiger partial charge in [-0.25, -0.2) is 14.6 Å². The molecule has 4 N–H and O–H groups in total. The number of nitrogens with two attached hydrogens (primary N) is 1. The molecule has 10 nitrogen and oxygen atoms in total.